The Balaban J connectivity index is 1.57. The van der Waals surface area contributed by atoms with Gasteiger partial charge in [-0.2, -0.15) is 0 Å². The van der Waals surface area contributed by atoms with Crippen molar-refractivity contribution >= 4 is 15.9 Å². The molecular weight excluding hydrogens is 392 g/mol. The van der Waals surface area contributed by atoms with Crippen LogP contribution in [0.4, 0.5) is 0 Å². The van der Waals surface area contributed by atoms with Gasteiger partial charge in [-0.3, -0.25) is 9.69 Å². The second-order valence-corrected chi connectivity index (χ2v) is 9.17. The van der Waals surface area contributed by atoms with Crippen LogP contribution in [0.1, 0.15) is 42.1 Å². The molecule has 2 heterocycles. The van der Waals surface area contributed by atoms with E-state index in [9.17, 15) is 13.2 Å². The third-order valence-corrected chi connectivity index (χ3v) is 6.70. The van der Waals surface area contributed by atoms with Crippen LogP contribution in [0.15, 0.2) is 39.8 Å². The molecule has 0 aliphatic carbocycles. The Morgan fingerprint density at radius 2 is 1.86 bits per heavy atom. The number of amides is 1. The summed E-state index contributed by atoms with van der Waals surface area (Å²) in [7, 11) is -3.57. The summed E-state index contributed by atoms with van der Waals surface area (Å²) in [4.78, 5) is 17.0. The zero-order valence-corrected chi connectivity index (χ0v) is 17.9. The highest BCUT2D eigenvalue weighted by Crippen LogP contribution is 2.15. The van der Waals surface area contributed by atoms with Crippen molar-refractivity contribution < 1.29 is 17.7 Å². The van der Waals surface area contributed by atoms with Crippen LogP contribution in [-0.4, -0.2) is 61.5 Å². The van der Waals surface area contributed by atoms with E-state index in [1.54, 1.807) is 17.0 Å². The number of rotatable bonds is 7. The molecule has 1 atom stereocenters. The number of piperazine rings is 1. The van der Waals surface area contributed by atoms with Gasteiger partial charge in [-0.1, -0.05) is 12.1 Å². The number of aryl methyl sites for hydroxylation is 1. The summed E-state index contributed by atoms with van der Waals surface area (Å²) in [5.41, 5.74) is 1.35. The number of aromatic nitrogens is 1. The minimum absolute atomic E-state index is 0.0843. The second kappa shape index (κ2) is 9.06. The fraction of sp³-hybridized carbons (Fsp3) is 0.500. The molecule has 1 saturated heterocycles. The molecule has 1 aliphatic heterocycles. The van der Waals surface area contributed by atoms with Crippen LogP contribution in [0.5, 0.6) is 0 Å². The van der Waals surface area contributed by atoms with Gasteiger partial charge in [0.05, 0.1) is 17.1 Å². The van der Waals surface area contributed by atoms with Gasteiger partial charge in [0.1, 0.15) is 0 Å². The lowest BCUT2D eigenvalue weighted by Gasteiger charge is -2.34. The van der Waals surface area contributed by atoms with E-state index >= 15 is 0 Å². The fourth-order valence-electron chi connectivity index (χ4n) is 3.20. The predicted octanol–water partition coefficient (Wildman–Crippen LogP) is 2.02. The maximum absolute atomic E-state index is 12.8. The molecule has 1 fully saturated rings. The van der Waals surface area contributed by atoms with E-state index in [1.807, 2.05) is 26.8 Å². The standard InChI is InChI=1S/C20H28N4O4S/c1-4-15(2)22-29(26,27)19-7-5-17(6-8-19)20(25)24-11-9-23(10-12-24)14-18-13-16(3)21-28-18/h5-8,13,15,22H,4,9-12,14H2,1-3H3. The Labute approximate surface area is 171 Å². The van der Waals surface area contributed by atoms with E-state index < -0.39 is 10.0 Å². The number of benzene rings is 1. The fourth-order valence-corrected chi connectivity index (χ4v) is 4.52. The summed E-state index contributed by atoms with van der Waals surface area (Å²) in [5, 5.41) is 3.90. The average Bonchev–Trinajstić information content (AvgIpc) is 3.12. The number of carbonyl (C=O) groups excluding carboxylic acids is 1. The zero-order chi connectivity index (χ0) is 21.0. The highest BCUT2D eigenvalue weighted by molar-refractivity contribution is 7.89. The summed E-state index contributed by atoms with van der Waals surface area (Å²) < 4.78 is 32.6. The second-order valence-electron chi connectivity index (χ2n) is 7.46. The van der Waals surface area contributed by atoms with Crippen molar-refractivity contribution in [1.29, 1.82) is 0 Å². The predicted molar refractivity (Wildman–Crippen MR) is 109 cm³/mol. The first kappa shape index (κ1) is 21.5. The molecular formula is C20H28N4O4S. The van der Waals surface area contributed by atoms with Crippen LogP contribution >= 0.6 is 0 Å². The van der Waals surface area contributed by atoms with E-state index in [2.05, 4.69) is 14.8 Å². The van der Waals surface area contributed by atoms with Gasteiger partial charge >= 0.3 is 0 Å². The molecule has 158 valence electrons. The van der Waals surface area contributed by atoms with Crippen LogP contribution in [0.2, 0.25) is 0 Å². The van der Waals surface area contributed by atoms with E-state index in [0.717, 1.165) is 24.5 Å². The molecule has 3 rings (SSSR count). The molecule has 1 unspecified atom stereocenters. The molecule has 0 saturated carbocycles. The Morgan fingerprint density at radius 3 is 2.41 bits per heavy atom. The summed E-state index contributed by atoms with van der Waals surface area (Å²) >= 11 is 0. The lowest BCUT2D eigenvalue weighted by Crippen LogP contribution is -2.48. The Morgan fingerprint density at radius 1 is 1.21 bits per heavy atom. The van der Waals surface area contributed by atoms with Crippen molar-refractivity contribution in [2.75, 3.05) is 26.2 Å². The van der Waals surface area contributed by atoms with Crippen LogP contribution in [0, 0.1) is 6.92 Å². The normalized spacial score (nSPS) is 16.7. The van der Waals surface area contributed by atoms with E-state index in [1.165, 1.54) is 12.1 Å². The molecule has 0 spiro atoms. The minimum Gasteiger partial charge on any atom is -0.360 e. The van der Waals surface area contributed by atoms with Crippen molar-refractivity contribution in [2.24, 2.45) is 0 Å². The number of sulfonamides is 1. The summed E-state index contributed by atoms with van der Waals surface area (Å²) in [6.07, 6.45) is 0.706. The van der Waals surface area contributed by atoms with Gasteiger partial charge in [-0.15, -0.1) is 0 Å². The Bertz CT molecular complexity index is 932. The molecule has 8 nitrogen and oxygen atoms in total. The van der Waals surface area contributed by atoms with Crippen LogP contribution in [0.3, 0.4) is 0 Å². The zero-order valence-electron chi connectivity index (χ0n) is 17.1. The summed E-state index contributed by atoms with van der Waals surface area (Å²) in [6, 6.07) is 7.91. The third-order valence-electron chi connectivity index (χ3n) is 5.10. The van der Waals surface area contributed by atoms with Crippen LogP contribution < -0.4 is 4.72 Å². The molecule has 1 N–H and O–H groups in total. The molecule has 29 heavy (non-hydrogen) atoms. The largest absolute Gasteiger partial charge is 0.360 e. The van der Waals surface area contributed by atoms with Gasteiger partial charge in [0.15, 0.2) is 5.76 Å². The number of nitrogens with zero attached hydrogens (tertiary/aromatic N) is 3. The monoisotopic (exact) mass is 420 g/mol. The van der Waals surface area contributed by atoms with Gasteiger partial charge < -0.3 is 9.42 Å². The maximum Gasteiger partial charge on any atom is 0.253 e. The first-order chi connectivity index (χ1) is 13.8. The van der Waals surface area contributed by atoms with Gasteiger partial charge in [-0.05, 0) is 44.5 Å². The van der Waals surface area contributed by atoms with E-state index in [-0.39, 0.29) is 16.8 Å². The van der Waals surface area contributed by atoms with E-state index in [0.29, 0.717) is 31.6 Å². The number of hydrogen-bond donors (Lipinski definition) is 1. The minimum atomic E-state index is -3.57. The molecule has 2 aromatic rings. The van der Waals surface area contributed by atoms with Gasteiger partial charge in [-0.25, -0.2) is 13.1 Å². The highest BCUT2D eigenvalue weighted by atomic mass is 32.2. The van der Waals surface area contributed by atoms with Gasteiger partial charge in [0.25, 0.3) is 5.91 Å². The van der Waals surface area contributed by atoms with Crippen LogP contribution in [0.25, 0.3) is 0 Å². The number of carbonyl (C=O) groups is 1. The van der Waals surface area contributed by atoms with Crippen molar-refractivity contribution in [1.82, 2.24) is 19.7 Å². The highest BCUT2D eigenvalue weighted by Gasteiger charge is 2.24. The molecule has 0 radical (unpaired) electrons. The van der Waals surface area contributed by atoms with Crippen molar-refractivity contribution in [3.8, 4) is 0 Å². The number of nitrogens with one attached hydrogen (secondary N) is 1. The van der Waals surface area contributed by atoms with Crippen molar-refractivity contribution in [2.45, 2.75) is 44.7 Å². The smallest absolute Gasteiger partial charge is 0.253 e. The lowest BCUT2D eigenvalue weighted by molar-refractivity contribution is 0.0617. The third kappa shape index (κ3) is 5.43. The Kier molecular flexibility index (Phi) is 6.71. The molecule has 1 amide bonds. The summed E-state index contributed by atoms with van der Waals surface area (Å²) in [6.45, 7) is 9.02. The maximum atomic E-state index is 12.8. The van der Waals surface area contributed by atoms with Gasteiger partial charge in [0.2, 0.25) is 10.0 Å². The molecule has 1 aromatic heterocycles. The van der Waals surface area contributed by atoms with E-state index in [4.69, 9.17) is 4.52 Å². The molecule has 1 aliphatic rings. The van der Waals surface area contributed by atoms with Gasteiger partial charge in [0, 0.05) is 43.9 Å². The summed E-state index contributed by atoms with van der Waals surface area (Å²) in [5.74, 6) is 0.740. The molecule has 9 heteroatoms. The molecule has 1 aromatic carbocycles. The van der Waals surface area contributed by atoms with Crippen molar-refractivity contribution in [3.05, 3.63) is 47.3 Å². The Hall–Kier alpha value is -2.23. The topological polar surface area (TPSA) is 95.8 Å². The van der Waals surface area contributed by atoms with Crippen molar-refractivity contribution in [3.63, 3.8) is 0 Å². The van der Waals surface area contributed by atoms with Crippen LogP contribution in [-0.2, 0) is 16.6 Å². The first-order valence-corrected chi connectivity index (χ1v) is 11.3. The average molecular weight is 421 g/mol. The lowest BCUT2D eigenvalue weighted by atomic mass is 10.2. The first-order valence-electron chi connectivity index (χ1n) is 9.84. The quantitative estimate of drug-likeness (QED) is 0.736. The SMILES string of the molecule is CCC(C)NS(=O)(=O)c1ccc(C(=O)N2CCN(Cc3cc(C)no3)CC2)cc1. The molecule has 0 bridgehead atoms. The number of hydrogen-bond acceptors (Lipinski definition) is 6.